The van der Waals surface area contributed by atoms with Gasteiger partial charge in [-0.3, -0.25) is 0 Å². The van der Waals surface area contributed by atoms with Crippen LogP contribution in [-0.2, 0) is 6.42 Å². The zero-order valence-corrected chi connectivity index (χ0v) is 13.7. The van der Waals surface area contributed by atoms with Crippen molar-refractivity contribution in [3.8, 4) is 17.1 Å². The first-order chi connectivity index (χ1) is 9.15. The molecule has 0 aliphatic carbocycles. The van der Waals surface area contributed by atoms with Crippen molar-refractivity contribution in [3.63, 3.8) is 0 Å². The summed E-state index contributed by atoms with van der Waals surface area (Å²) in [6.45, 7) is 4.68. The van der Waals surface area contributed by atoms with Crippen LogP contribution in [0.15, 0.2) is 24.3 Å². The predicted molar refractivity (Wildman–Crippen MR) is 85.7 cm³/mol. The summed E-state index contributed by atoms with van der Waals surface area (Å²) in [5.41, 5.74) is 1.92. The lowest BCUT2D eigenvalue weighted by atomic mass is 10.2. The van der Waals surface area contributed by atoms with E-state index in [-0.39, 0.29) is 0 Å². The SMILES string of the molecule is CCOc1ccc(-c2nc(Cl)c(I)c(CC)n2)cc1. The molecule has 0 aliphatic rings. The van der Waals surface area contributed by atoms with E-state index in [4.69, 9.17) is 16.3 Å². The van der Waals surface area contributed by atoms with Gasteiger partial charge in [0.25, 0.3) is 0 Å². The van der Waals surface area contributed by atoms with Crippen LogP contribution in [0.4, 0.5) is 0 Å². The summed E-state index contributed by atoms with van der Waals surface area (Å²) >= 11 is 8.33. The fourth-order valence-electron chi connectivity index (χ4n) is 1.69. The number of hydrogen-bond donors (Lipinski definition) is 0. The van der Waals surface area contributed by atoms with Gasteiger partial charge in [0.2, 0.25) is 0 Å². The van der Waals surface area contributed by atoms with Crippen molar-refractivity contribution in [2.45, 2.75) is 20.3 Å². The van der Waals surface area contributed by atoms with Crippen LogP contribution >= 0.6 is 34.2 Å². The maximum Gasteiger partial charge on any atom is 0.161 e. The fourth-order valence-corrected chi connectivity index (χ4v) is 2.51. The minimum Gasteiger partial charge on any atom is -0.494 e. The predicted octanol–water partition coefficient (Wildman–Crippen LogP) is 4.36. The van der Waals surface area contributed by atoms with Crippen LogP contribution in [0.1, 0.15) is 19.5 Å². The minimum atomic E-state index is 0.510. The Morgan fingerprint density at radius 2 is 1.84 bits per heavy atom. The van der Waals surface area contributed by atoms with Crippen LogP contribution in [0.5, 0.6) is 5.75 Å². The Hall–Kier alpha value is -0.880. The third-order valence-electron chi connectivity index (χ3n) is 2.64. The van der Waals surface area contributed by atoms with Gasteiger partial charge >= 0.3 is 0 Å². The highest BCUT2D eigenvalue weighted by Gasteiger charge is 2.10. The highest BCUT2D eigenvalue weighted by Crippen LogP contribution is 2.25. The van der Waals surface area contributed by atoms with Crippen molar-refractivity contribution in [2.24, 2.45) is 0 Å². The molecule has 0 atom stereocenters. The summed E-state index contributed by atoms with van der Waals surface area (Å²) in [7, 11) is 0. The van der Waals surface area contributed by atoms with Crippen molar-refractivity contribution in [3.05, 3.63) is 38.7 Å². The molecule has 0 aliphatic heterocycles. The van der Waals surface area contributed by atoms with Gasteiger partial charge in [0.05, 0.1) is 15.9 Å². The van der Waals surface area contributed by atoms with Crippen LogP contribution in [0, 0.1) is 3.57 Å². The third-order valence-corrected chi connectivity index (χ3v) is 4.36. The Bertz CT molecular complexity index is 572. The number of benzene rings is 1. The summed E-state index contributed by atoms with van der Waals surface area (Å²) in [4.78, 5) is 8.89. The first-order valence-corrected chi connectivity index (χ1v) is 7.56. The molecule has 0 radical (unpaired) electrons. The number of ether oxygens (including phenoxy) is 1. The van der Waals surface area contributed by atoms with Gasteiger partial charge in [-0.2, -0.15) is 0 Å². The number of halogens is 2. The van der Waals surface area contributed by atoms with Gasteiger partial charge in [0.1, 0.15) is 10.9 Å². The van der Waals surface area contributed by atoms with Crippen LogP contribution in [0.2, 0.25) is 5.15 Å². The Morgan fingerprint density at radius 3 is 2.42 bits per heavy atom. The van der Waals surface area contributed by atoms with Crippen molar-refractivity contribution in [2.75, 3.05) is 6.61 Å². The lowest BCUT2D eigenvalue weighted by Gasteiger charge is -2.08. The number of nitrogens with zero attached hydrogens (tertiary/aromatic N) is 2. The second-order valence-electron chi connectivity index (χ2n) is 3.91. The maximum absolute atomic E-state index is 6.15. The van der Waals surface area contributed by atoms with Crippen LogP contribution in [0.3, 0.4) is 0 Å². The second-order valence-corrected chi connectivity index (χ2v) is 5.35. The smallest absolute Gasteiger partial charge is 0.161 e. The molecular formula is C14H14ClIN2O. The highest BCUT2D eigenvalue weighted by molar-refractivity contribution is 14.1. The average molecular weight is 389 g/mol. The van der Waals surface area contributed by atoms with E-state index in [9.17, 15) is 0 Å². The van der Waals surface area contributed by atoms with E-state index < -0.39 is 0 Å². The summed E-state index contributed by atoms with van der Waals surface area (Å²) in [5, 5.41) is 0.510. The van der Waals surface area contributed by atoms with E-state index in [1.54, 1.807) is 0 Å². The molecule has 5 heteroatoms. The Morgan fingerprint density at radius 1 is 1.16 bits per heavy atom. The van der Waals surface area contributed by atoms with Crippen molar-refractivity contribution in [1.82, 2.24) is 9.97 Å². The summed E-state index contributed by atoms with van der Waals surface area (Å²) < 4.78 is 6.34. The van der Waals surface area contributed by atoms with Gasteiger partial charge in [-0.25, -0.2) is 9.97 Å². The summed E-state index contributed by atoms with van der Waals surface area (Å²) in [6, 6.07) is 7.73. The quantitative estimate of drug-likeness (QED) is 0.576. The lowest BCUT2D eigenvalue weighted by Crippen LogP contribution is -1.99. The number of rotatable bonds is 4. The average Bonchev–Trinajstić information content (AvgIpc) is 2.43. The molecule has 1 aromatic heterocycles. The summed E-state index contributed by atoms with van der Waals surface area (Å²) in [5.74, 6) is 1.50. The number of hydrogen-bond acceptors (Lipinski definition) is 3. The minimum absolute atomic E-state index is 0.510. The highest BCUT2D eigenvalue weighted by atomic mass is 127. The molecule has 0 saturated carbocycles. The first-order valence-electron chi connectivity index (χ1n) is 6.10. The Labute approximate surface area is 131 Å². The van der Waals surface area contributed by atoms with Crippen LogP contribution < -0.4 is 4.74 Å². The molecule has 1 heterocycles. The monoisotopic (exact) mass is 388 g/mol. The molecule has 0 saturated heterocycles. The number of aryl methyl sites for hydroxylation is 1. The van der Waals surface area contributed by atoms with E-state index in [1.165, 1.54) is 0 Å². The van der Waals surface area contributed by atoms with E-state index in [0.717, 1.165) is 27.0 Å². The molecule has 0 spiro atoms. The molecule has 0 bridgehead atoms. The normalized spacial score (nSPS) is 10.5. The molecule has 19 heavy (non-hydrogen) atoms. The standard InChI is InChI=1S/C14H14ClIN2O/c1-3-11-12(16)13(15)18-14(17-11)9-5-7-10(8-6-9)19-4-2/h5-8H,3-4H2,1-2H3. The van der Waals surface area contributed by atoms with Crippen LogP contribution in [-0.4, -0.2) is 16.6 Å². The molecule has 100 valence electrons. The van der Waals surface area contributed by atoms with Crippen molar-refractivity contribution in [1.29, 1.82) is 0 Å². The molecule has 2 aromatic rings. The Balaban J connectivity index is 2.38. The van der Waals surface area contributed by atoms with Gasteiger partial charge in [0, 0.05) is 5.56 Å². The zero-order chi connectivity index (χ0) is 13.8. The molecule has 0 fully saturated rings. The molecule has 0 N–H and O–H groups in total. The van der Waals surface area contributed by atoms with E-state index in [2.05, 4.69) is 39.5 Å². The van der Waals surface area contributed by atoms with Gasteiger partial charge in [-0.1, -0.05) is 18.5 Å². The summed E-state index contributed by atoms with van der Waals surface area (Å²) in [6.07, 6.45) is 0.838. The van der Waals surface area contributed by atoms with Crippen molar-refractivity contribution < 1.29 is 4.74 Å². The van der Waals surface area contributed by atoms with Gasteiger partial charge in [-0.05, 0) is 60.2 Å². The fraction of sp³-hybridized carbons (Fsp3) is 0.286. The largest absolute Gasteiger partial charge is 0.494 e. The molecule has 3 nitrogen and oxygen atoms in total. The van der Waals surface area contributed by atoms with Gasteiger partial charge in [-0.15, -0.1) is 0 Å². The number of aromatic nitrogens is 2. The molecule has 2 rings (SSSR count). The Kier molecular flexibility index (Phi) is 4.99. The molecule has 1 aromatic carbocycles. The lowest BCUT2D eigenvalue weighted by molar-refractivity contribution is 0.340. The van der Waals surface area contributed by atoms with Crippen LogP contribution in [0.25, 0.3) is 11.4 Å². The van der Waals surface area contributed by atoms with E-state index in [0.29, 0.717) is 17.6 Å². The van der Waals surface area contributed by atoms with E-state index >= 15 is 0 Å². The first kappa shape index (κ1) is 14.5. The third kappa shape index (κ3) is 3.36. The zero-order valence-electron chi connectivity index (χ0n) is 10.8. The molecule has 0 amide bonds. The molecular weight excluding hydrogens is 375 g/mol. The molecule has 0 unspecified atom stereocenters. The van der Waals surface area contributed by atoms with Gasteiger partial charge < -0.3 is 4.74 Å². The van der Waals surface area contributed by atoms with E-state index in [1.807, 2.05) is 31.2 Å². The maximum atomic E-state index is 6.15. The van der Waals surface area contributed by atoms with Gasteiger partial charge in [0.15, 0.2) is 5.82 Å². The second kappa shape index (κ2) is 6.52. The topological polar surface area (TPSA) is 35.0 Å². The van der Waals surface area contributed by atoms with Crippen molar-refractivity contribution >= 4 is 34.2 Å².